The number of furan rings is 1. The van der Waals surface area contributed by atoms with Gasteiger partial charge in [0, 0.05) is 43.4 Å². The Labute approximate surface area is 174 Å². The number of piperidine rings is 3. The Balaban J connectivity index is 1.27. The molecular weight excluding hydrogens is 383 g/mol. The lowest BCUT2D eigenvalue weighted by molar-refractivity contribution is 0.0278. The van der Waals surface area contributed by atoms with Gasteiger partial charge in [0.05, 0.1) is 12.0 Å². The van der Waals surface area contributed by atoms with Crippen LogP contribution in [-0.4, -0.2) is 46.3 Å². The molecule has 0 aliphatic carbocycles. The fraction of sp³-hybridized carbons (Fsp3) is 0.391. The lowest BCUT2D eigenvalue weighted by Crippen LogP contribution is -2.56. The molecular formula is C23H25FN4O2. The van der Waals surface area contributed by atoms with Gasteiger partial charge in [-0.25, -0.2) is 4.39 Å². The standard InChI is InChI=1S/C23H25FN4O2/c1-27-21(12-20(26-27)15-4-6-17(24)7-5-15)19-14-28-9-8-16(19)11-18(28)13-25-23(29)22-3-2-10-30-22/h2-7,10,12,16,18-19H,8-9,11,13-14H2,1H3,(H,25,29)/t16-,18+,19+/m0/s1. The maximum Gasteiger partial charge on any atom is 0.287 e. The van der Waals surface area contributed by atoms with Gasteiger partial charge in [-0.2, -0.15) is 5.10 Å². The fourth-order valence-corrected chi connectivity index (χ4v) is 4.98. The summed E-state index contributed by atoms with van der Waals surface area (Å²) in [6.07, 6.45) is 3.73. The van der Waals surface area contributed by atoms with E-state index in [4.69, 9.17) is 4.42 Å². The first-order valence-electron chi connectivity index (χ1n) is 10.4. The normalized spacial score (nSPS) is 25.4. The number of carbonyl (C=O) groups excluding carboxylic acids is 1. The molecule has 6 nitrogen and oxygen atoms in total. The van der Waals surface area contributed by atoms with Crippen molar-refractivity contribution in [2.24, 2.45) is 13.0 Å². The molecule has 1 amide bonds. The minimum absolute atomic E-state index is 0.158. The quantitative estimate of drug-likeness (QED) is 0.703. The van der Waals surface area contributed by atoms with Crippen LogP contribution in [-0.2, 0) is 7.05 Å². The molecule has 5 heterocycles. The summed E-state index contributed by atoms with van der Waals surface area (Å²) in [6.45, 7) is 2.66. The molecule has 0 radical (unpaired) electrons. The molecule has 30 heavy (non-hydrogen) atoms. The first-order chi connectivity index (χ1) is 14.6. The summed E-state index contributed by atoms with van der Waals surface area (Å²) in [4.78, 5) is 14.7. The number of aryl methyl sites for hydroxylation is 1. The van der Waals surface area contributed by atoms with E-state index in [1.54, 1.807) is 24.3 Å². The lowest BCUT2D eigenvalue weighted by atomic mass is 9.74. The first-order valence-corrected chi connectivity index (χ1v) is 10.4. The average Bonchev–Trinajstić information content (AvgIpc) is 3.43. The van der Waals surface area contributed by atoms with Crippen LogP contribution < -0.4 is 5.32 Å². The highest BCUT2D eigenvalue weighted by atomic mass is 19.1. The molecule has 3 fully saturated rings. The van der Waals surface area contributed by atoms with E-state index in [0.29, 0.717) is 30.2 Å². The summed E-state index contributed by atoms with van der Waals surface area (Å²) >= 11 is 0. The van der Waals surface area contributed by atoms with Crippen LogP contribution in [0.25, 0.3) is 11.3 Å². The van der Waals surface area contributed by atoms with E-state index in [1.165, 1.54) is 24.1 Å². The molecule has 3 aliphatic heterocycles. The lowest BCUT2D eigenvalue weighted by Gasteiger charge is -2.49. The van der Waals surface area contributed by atoms with Gasteiger partial charge in [-0.1, -0.05) is 0 Å². The Kier molecular flexibility index (Phi) is 4.90. The van der Waals surface area contributed by atoms with E-state index in [-0.39, 0.29) is 11.7 Å². The molecule has 1 aromatic carbocycles. The van der Waals surface area contributed by atoms with E-state index in [1.807, 2.05) is 11.7 Å². The summed E-state index contributed by atoms with van der Waals surface area (Å²) < 4.78 is 20.4. The highest BCUT2D eigenvalue weighted by molar-refractivity contribution is 5.91. The summed E-state index contributed by atoms with van der Waals surface area (Å²) in [5.74, 6) is 0.943. The molecule has 3 aromatic rings. The van der Waals surface area contributed by atoms with E-state index in [2.05, 4.69) is 21.4 Å². The summed E-state index contributed by atoms with van der Waals surface area (Å²) in [5, 5.41) is 7.70. The molecule has 7 heteroatoms. The second-order valence-electron chi connectivity index (χ2n) is 8.31. The van der Waals surface area contributed by atoms with Crippen molar-refractivity contribution in [1.82, 2.24) is 20.0 Å². The van der Waals surface area contributed by atoms with Crippen LogP contribution in [0, 0.1) is 11.7 Å². The predicted molar refractivity (Wildman–Crippen MR) is 110 cm³/mol. The third kappa shape index (κ3) is 3.54. The molecule has 3 saturated heterocycles. The molecule has 1 unspecified atom stereocenters. The van der Waals surface area contributed by atoms with Crippen molar-refractivity contribution in [2.45, 2.75) is 24.8 Å². The Bertz CT molecular complexity index is 1030. The number of amides is 1. The number of halogens is 1. The maximum atomic E-state index is 13.2. The monoisotopic (exact) mass is 408 g/mol. The highest BCUT2D eigenvalue weighted by Crippen LogP contribution is 2.42. The number of hydrogen-bond donors (Lipinski definition) is 1. The molecule has 0 spiro atoms. The van der Waals surface area contributed by atoms with Crippen molar-refractivity contribution < 1.29 is 13.6 Å². The molecule has 1 N–H and O–H groups in total. The Morgan fingerprint density at radius 1 is 1.30 bits per heavy atom. The van der Waals surface area contributed by atoms with Gasteiger partial charge >= 0.3 is 0 Å². The van der Waals surface area contributed by atoms with Gasteiger partial charge in [0.2, 0.25) is 0 Å². The average molecular weight is 408 g/mol. The maximum absolute atomic E-state index is 13.2. The van der Waals surface area contributed by atoms with E-state index < -0.39 is 0 Å². The number of aromatic nitrogens is 2. The van der Waals surface area contributed by atoms with Crippen LogP contribution >= 0.6 is 0 Å². The zero-order chi connectivity index (χ0) is 20.7. The van der Waals surface area contributed by atoms with E-state index in [9.17, 15) is 9.18 Å². The minimum atomic E-state index is -0.238. The van der Waals surface area contributed by atoms with Gasteiger partial charge in [0.15, 0.2) is 5.76 Å². The Morgan fingerprint density at radius 3 is 2.83 bits per heavy atom. The number of carbonyl (C=O) groups is 1. The summed E-state index contributed by atoms with van der Waals surface area (Å²) in [5.41, 5.74) is 3.03. The number of hydrogen-bond acceptors (Lipinski definition) is 4. The van der Waals surface area contributed by atoms with Gasteiger partial charge in [-0.15, -0.1) is 0 Å². The summed E-state index contributed by atoms with van der Waals surface area (Å²) in [7, 11) is 1.99. The molecule has 2 bridgehead atoms. The second-order valence-corrected chi connectivity index (χ2v) is 8.31. The van der Waals surface area contributed by atoms with Gasteiger partial charge in [0.25, 0.3) is 5.91 Å². The topological polar surface area (TPSA) is 63.3 Å². The van der Waals surface area contributed by atoms with Gasteiger partial charge in [0.1, 0.15) is 5.82 Å². The van der Waals surface area contributed by atoms with Gasteiger partial charge in [-0.3, -0.25) is 14.4 Å². The molecule has 6 rings (SSSR count). The molecule has 3 aliphatic rings. The van der Waals surface area contributed by atoms with Crippen LogP contribution in [0.3, 0.4) is 0 Å². The van der Waals surface area contributed by atoms with Crippen molar-refractivity contribution in [3.8, 4) is 11.3 Å². The van der Waals surface area contributed by atoms with Crippen LogP contribution in [0.2, 0.25) is 0 Å². The highest BCUT2D eigenvalue weighted by Gasteiger charge is 2.41. The largest absolute Gasteiger partial charge is 0.459 e. The third-order valence-corrected chi connectivity index (χ3v) is 6.56. The Hall–Kier alpha value is -2.93. The van der Waals surface area contributed by atoms with Crippen LogP contribution in [0.15, 0.2) is 53.1 Å². The molecule has 2 aromatic heterocycles. The van der Waals surface area contributed by atoms with Crippen LogP contribution in [0.5, 0.6) is 0 Å². The summed E-state index contributed by atoms with van der Waals surface area (Å²) in [6, 6.07) is 12.4. The zero-order valence-electron chi connectivity index (χ0n) is 16.9. The smallest absolute Gasteiger partial charge is 0.287 e. The van der Waals surface area contributed by atoms with E-state index >= 15 is 0 Å². The number of nitrogens with one attached hydrogen (secondary N) is 1. The number of nitrogens with zero attached hydrogens (tertiary/aromatic N) is 3. The van der Waals surface area contributed by atoms with Crippen LogP contribution in [0.1, 0.15) is 35.0 Å². The second kappa shape index (κ2) is 7.72. The number of rotatable bonds is 5. The SMILES string of the molecule is Cn1nc(-c2ccc(F)cc2)cc1[C@@H]1CN2CC[C@H]1C[C@@H]2CNC(=O)c1ccco1. The number of benzene rings is 1. The van der Waals surface area contributed by atoms with E-state index in [0.717, 1.165) is 37.2 Å². The minimum Gasteiger partial charge on any atom is -0.459 e. The van der Waals surface area contributed by atoms with Crippen molar-refractivity contribution in [3.05, 3.63) is 66.0 Å². The predicted octanol–water partition coefficient (Wildman–Crippen LogP) is 3.43. The van der Waals surface area contributed by atoms with Crippen molar-refractivity contribution >= 4 is 5.91 Å². The molecule has 156 valence electrons. The number of fused-ring (bicyclic) bond motifs is 3. The Morgan fingerprint density at radius 2 is 2.13 bits per heavy atom. The van der Waals surface area contributed by atoms with Crippen molar-refractivity contribution in [2.75, 3.05) is 19.6 Å². The zero-order valence-corrected chi connectivity index (χ0v) is 16.9. The molecule has 4 atom stereocenters. The van der Waals surface area contributed by atoms with Crippen molar-refractivity contribution in [1.29, 1.82) is 0 Å². The first kappa shape index (κ1) is 19.1. The molecule has 0 saturated carbocycles. The van der Waals surface area contributed by atoms with Gasteiger partial charge < -0.3 is 9.73 Å². The van der Waals surface area contributed by atoms with Crippen molar-refractivity contribution in [3.63, 3.8) is 0 Å². The fourth-order valence-electron chi connectivity index (χ4n) is 4.98. The van der Waals surface area contributed by atoms with Crippen LogP contribution in [0.4, 0.5) is 4.39 Å². The third-order valence-electron chi connectivity index (χ3n) is 6.56. The van der Waals surface area contributed by atoms with Gasteiger partial charge in [-0.05, 0) is 67.8 Å².